The molecule has 0 saturated heterocycles. The molecular formula is C29H31N3O3S. The fraction of sp³-hybridized carbons (Fsp3) is 0.241. The summed E-state index contributed by atoms with van der Waals surface area (Å²) in [5.74, 6) is -0.189. The molecule has 0 unspecified atom stereocenters. The molecule has 0 aliphatic rings. The van der Waals surface area contributed by atoms with E-state index in [1.165, 1.54) is 11.8 Å². The highest BCUT2D eigenvalue weighted by Gasteiger charge is 2.23. The van der Waals surface area contributed by atoms with Crippen molar-refractivity contribution in [3.8, 4) is 17.3 Å². The van der Waals surface area contributed by atoms with Gasteiger partial charge in [-0.2, -0.15) is 0 Å². The number of rotatable bonds is 8. The van der Waals surface area contributed by atoms with Crippen LogP contribution in [0.2, 0.25) is 0 Å². The summed E-state index contributed by atoms with van der Waals surface area (Å²) in [5, 5.41) is 22.2. The maximum atomic E-state index is 12.3. The molecule has 2 N–H and O–H groups in total. The highest BCUT2D eigenvalue weighted by atomic mass is 32.2. The SMILES string of the molecule is CCCCc1nc(O)c(Sc2ccc(-n3cc(C)ccc3=O)cc2)c(O)c1N(C)c1cccc(C)c1. The van der Waals surface area contributed by atoms with E-state index in [4.69, 9.17) is 0 Å². The summed E-state index contributed by atoms with van der Waals surface area (Å²) in [5.41, 5.74) is 4.93. The van der Waals surface area contributed by atoms with Crippen molar-refractivity contribution in [1.82, 2.24) is 9.55 Å². The first-order chi connectivity index (χ1) is 17.3. The zero-order chi connectivity index (χ0) is 25.8. The smallest absolute Gasteiger partial charge is 0.255 e. The Bertz CT molecular complexity index is 1430. The molecule has 2 aromatic carbocycles. The summed E-state index contributed by atoms with van der Waals surface area (Å²) in [6, 6.07) is 18.8. The third kappa shape index (κ3) is 5.41. The lowest BCUT2D eigenvalue weighted by Crippen LogP contribution is -2.16. The Morgan fingerprint density at radius 3 is 2.44 bits per heavy atom. The second kappa shape index (κ2) is 10.9. The van der Waals surface area contributed by atoms with Gasteiger partial charge in [-0.15, -0.1) is 0 Å². The third-order valence-corrected chi connectivity index (χ3v) is 7.13. The van der Waals surface area contributed by atoms with Gasteiger partial charge >= 0.3 is 0 Å². The van der Waals surface area contributed by atoms with Crippen molar-refractivity contribution in [3.05, 3.63) is 94.0 Å². The zero-order valence-corrected chi connectivity index (χ0v) is 21.8. The third-order valence-electron chi connectivity index (χ3n) is 6.04. The zero-order valence-electron chi connectivity index (χ0n) is 21.0. The lowest BCUT2D eigenvalue weighted by Gasteiger charge is -2.25. The van der Waals surface area contributed by atoms with Crippen LogP contribution < -0.4 is 10.5 Å². The molecule has 4 rings (SSSR count). The molecule has 2 heterocycles. The Hall–Kier alpha value is -3.71. The minimum Gasteiger partial charge on any atom is -0.504 e. The number of benzene rings is 2. The van der Waals surface area contributed by atoms with Gasteiger partial charge in [0.1, 0.15) is 10.6 Å². The van der Waals surface area contributed by atoms with Crippen LogP contribution in [-0.2, 0) is 6.42 Å². The fourth-order valence-corrected chi connectivity index (χ4v) is 4.94. The van der Waals surface area contributed by atoms with Gasteiger partial charge in [0.2, 0.25) is 5.88 Å². The molecule has 0 radical (unpaired) electrons. The fourth-order valence-electron chi connectivity index (χ4n) is 4.10. The summed E-state index contributed by atoms with van der Waals surface area (Å²) >= 11 is 1.24. The van der Waals surface area contributed by atoms with E-state index in [9.17, 15) is 15.0 Å². The maximum Gasteiger partial charge on any atom is 0.255 e. The van der Waals surface area contributed by atoms with E-state index >= 15 is 0 Å². The predicted molar refractivity (Wildman–Crippen MR) is 146 cm³/mol. The molecule has 2 aromatic heterocycles. The van der Waals surface area contributed by atoms with Gasteiger partial charge in [0.05, 0.1) is 5.69 Å². The van der Waals surface area contributed by atoms with Crippen LogP contribution in [0.5, 0.6) is 11.6 Å². The van der Waals surface area contributed by atoms with Crippen molar-refractivity contribution in [1.29, 1.82) is 0 Å². The molecule has 0 bridgehead atoms. The number of unbranched alkanes of at least 4 members (excludes halogenated alkanes) is 1. The molecule has 0 atom stereocenters. The van der Waals surface area contributed by atoms with Gasteiger partial charge in [-0.25, -0.2) is 4.98 Å². The van der Waals surface area contributed by atoms with E-state index in [-0.39, 0.29) is 17.2 Å². The van der Waals surface area contributed by atoms with Crippen LogP contribution >= 0.6 is 11.8 Å². The summed E-state index contributed by atoms with van der Waals surface area (Å²) in [6.07, 6.45) is 4.32. The van der Waals surface area contributed by atoms with Crippen molar-refractivity contribution in [2.75, 3.05) is 11.9 Å². The van der Waals surface area contributed by atoms with E-state index < -0.39 is 0 Å². The first-order valence-electron chi connectivity index (χ1n) is 12.0. The van der Waals surface area contributed by atoms with Crippen LogP contribution in [0.3, 0.4) is 0 Å². The van der Waals surface area contributed by atoms with E-state index in [1.807, 2.05) is 68.3 Å². The molecule has 0 amide bonds. The van der Waals surface area contributed by atoms with Crippen molar-refractivity contribution in [2.24, 2.45) is 0 Å². The molecule has 0 saturated carbocycles. The lowest BCUT2D eigenvalue weighted by atomic mass is 10.1. The highest BCUT2D eigenvalue weighted by molar-refractivity contribution is 7.99. The van der Waals surface area contributed by atoms with Gasteiger partial charge in [0.15, 0.2) is 5.75 Å². The molecule has 186 valence electrons. The Morgan fingerprint density at radius 1 is 1.00 bits per heavy atom. The molecule has 0 aliphatic heterocycles. The summed E-state index contributed by atoms with van der Waals surface area (Å²) in [6.45, 7) is 6.07. The average Bonchev–Trinajstić information content (AvgIpc) is 2.86. The minimum atomic E-state index is -0.191. The van der Waals surface area contributed by atoms with Crippen molar-refractivity contribution < 1.29 is 10.2 Å². The van der Waals surface area contributed by atoms with E-state index in [1.54, 1.807) is 22.9 Å². The number of aromatic hydroxyl groups is 2. The van der Waals surface area contributed by atoms with E-state index in [0.717, 1.165) is 40.2 Å². The first-order valence-corrected chi connectivity index (χ1v) is 12.8. The second-order valence-corrected chi connectivity index (χ2v) is 10.0. The Morgan fingerprint density at radius 2 is 1.75 bits per heavy atom. The summed E-state index contributed by atoms with van der Waals surface area (Å²) in [7, 11) is 1.90. The van der Waals surface area contributed by atoms with Crippen LogP contribution in [0.1, 0.15) is 36.6 Å². The molecule has 4 aromatic rings. The van der Waals surface area contributed by atoms with Crippen LogP contribution in [0, 0.1) is 13.8 Å². The van der Waals surface area contributed by atoms with Gasteiger partial charge in [-0.3, -0.25) is 9.36 Å². The Kier molecular flexibility index (Phi) is 7.70. The number of hydrogen-bond acceptors (Lipinski definition) is 6. The molecule has 0 spiro atoms. The molecule has 0 fully saturated rings. The number of hydrogen-bond donors (Lipinski definition) is 2. The van der Waals surface area contributed by atoms with Gasteiger partial charge in [-0.05, 0) is 74.2 Å². The number of pyridine rings is 2. The van der Waals surface area contributed by atoms with Gasteiger partial charge in [0, 0.05) is 35.6 Å². The van der Waals surface area contributed by atoms with Crippen molar-refractivity contribution >= 4 is 23.1 Å². The molecular weight excluding hydrogens is 470 g/mol. The minimum absolute atomic E-state index is 0.00147. The lowest BCUT2D eigenvalue weighted by molar-refractivity contribution is 0.410. The van der Waals surface area contributed by atoms with Gasteiger partial charge < -0.3 is 15.1 Å². The van der Waals surface area contributed by atoms with Gasteiger partial charge in [0.25, 0.3) is 5.56 Å². The number of aryl methyl sites for hydroxylation is 3. The molecule has 7 heteroatoms. The number of nitrogens with zero attached hydrogens (tertiary/aromatic N) is 3. The maximum absolute atomic E-state index is 12.3. The van der Waals surface area contributed by atoms with Crippen molar-refractivity contribution in [3.63, 3.8) is 0 Å². The molecule has 0 aliphatic carbocycles. The standard InChI is InChI=1S/C29H31N3O3S/c1-5-6-10-24-26(31(4)22-9-7-8-19(2)17-22)27(34)28(29(35)30-24)36-23-14-12-21(13-15-23)32-18-20(3)11-16-25(32)33/h7-9,11-18H,5-6,10H2,1-4H3,(H2,30,34,35). The quantitative estimate of drug-likeness (QED) is 0.286. The summed E-state index contributed by atoms with van der Waals surface area (Å²) in [4.78, 5) is 19.8. The van der Waals surface area contributed by atoms with E-state index in [2.05, 4.69) is 18.0 Å². The van der Waals surface area contributed by atoms with Gasteiger partial charge in [-0.1, -0.05) is 43.3 Å². The van der Waals surface area contributed by atoms with Crippen LogP contribution in [0.4, 0.5) is 11.4 Å². The average molecular weight is 502 g/mol. The Balaban J connectivity index is 1.71. The van der Waals surface area contributed by atoms with Crippen LogP contribution in [0.25, 0.3) is 5.69 Å². The monoisotopic (exact) mass is 501 g/mol. The largest absolute Gasteiger partial charge is 0.504 e. The normalized spacial score (nSPS) is 11.0. The van der Waals surface area contributed by atoms with Crippen LogP contribution in [-0.4, -0.2) is 26.8 Å². The number of anilines is 2. The summed E-state index contributed by atoms with van der Waals surface area (Å²) < 4.78 is 1.59. The van der Waals surface area contributed by atoms with Crippen molar-refractivity contribution in [2.45, 2.75) is 49.8 Å². The molecule has 36 heavy (non-hydrogen) atoms. The molecule has 6 nitrogen and oxygen atoms in total. The second-order valence-electron chi connectivity index (χ2n) is 8.92. The number of aromatic nitrogens is 2. The first kappa shape index (κ1) is 25.4. The van der Waals surface area contributed by atoms with E-state index in [0.29, 0.717) is 22.7 Å². The Labute approximate surface area is 215 Å². The topological polar surface area (TPSA) is 78.6 Å². The van der Waals surface area contributed by atoms with Crippen LogP contribution in [0.15, 0.2) is 81.4 Å². The predicted octanol–water partition coefficient (Wildman–Crippen LogP) is 6.52. The highest BCUT2D eigenvalue weighted by Crippen LogP contribution is 2.47.